The molecule has 3 rings (SSSR count). The van der Waals surface area contributed by atoms with Gasteiger partial charge in [0.2, 0.25) is 0 Å². The largest absolute Gasteiger partial charge is 0.358 e. The van der Waals surface area contributed by atoms with E-state index in [0.717, 1.165) is 13.0 Å². The molecule has 1 aromatic carbocycles. The molecule has 2 heteroatoms. The predicted molar refractivity (Wildman–Crippen MR) is 72.7 cm³/mol. The second-order valence-electron chi connectivity index (χ2n) is 5.32. The maximum absolute atomic E-state index is 3.62. The van der Waals surface area contributed by atoms with E-state index >= 15 is 0 Å². The van der Waals surface area contributed by atoms with Gasteiger partial charge in [0.05, 0.1) is 0 Å². The second-order valence-corrected chi connectivity index (χ2v) is 5.32. The standard InChI is InChI=1S/C15H20N2/c1-10-4-5-14-15(11(10)2)12-6-8-17(3)9-7-13(12)16-14/h4-5,16H,6-9H2,1-3H3. The zero-order chi connectivity index (χ0) is 12.0. The summed E-state index contributed by atoms with van der Waals surface area (Å²) in [5.41, 5.74) is 7.19. The summed E-state index contributed by atoms with van der Waals surface area (Å²) >= 11 is 0. The Kier molecular flexibility index (Phi) is 2.48. The van der Waals surface area contributed by atoms with Gasteiger partial charge in [-0.25, -0.2) is 0 Å². The Labute approximate surface area is 103 Å². The van der Waals surface area contributed by atoms with Crippen molar-refractivity contribution in [3.63, 3.8) is 0 Å². The van der Waals surface area contributed by atoms with Crippen molar-refractivity contribution < 1.29 is 0 Å². The van der Waals surface area contributed by atoms with Crippen molar-refractivity contribution >= 4 is 10.9 Å². The van der Waals surface area contributed by atoms with Crippen molar-refractivity contribution in [1.82, 2.24) is 9.88 Å². The summed E-state index contributed by atoms with van der Waals surface area (Å²) < 4.78 is 0. The predicted octanol–water partition coefficient (Wildman–Crippen LogP) is 2.82. The molecule has 90 valence electrons. The summed E-state index contributed by atoms with van der Waals surface area (Å²) in [7, 11) is 2.21. The lowest BCUT2D eigenvalue weighted by Gasteiger charge is -2.12. The van der Waals surface area contributed by atoms with E-state index in [-0.39, 0.29) is 0 Å². The average molecular weight is 228 g/mol. The molecule has 2 aromatic rings. The van der Waals surface area contributed by atoms with Gasteiger partial charge < -0.3 is 9.88 Å². The van der Waals surface area contributed by atoms with Crippen LogP contribution in [0.15, 0.2) is 12.1 Å². The molecule has 0 aliphatic carbocycles. The minimum atomic E-state index is 1.15. The Bertz CT molecular complexity index is 566. The van der Waals surface area contributed by atoms with Crippen LogP contribution < -0.4 is 0 Å². The second kappa shape index (κ2) is 3.88. The highest BCUT2D eigenvalue weighted by Gasteiger charge is 2.17. The molecule has 0 atom stereocenters. The van der Waals surface area contributed by atoms with E-state index in [1.165, 1.54) is 40.7 Å². The van der Waals surface area contributed by atoms with E-state index in [0.29, 0.717) is 0 Å². The molecule has 0 radical (unpaired) electrons. The quantitative estimate of drug-likeness (QED) is 0.734. The molecule has 0 unspecified atom stereocenters. The molecule has 17 heavy (non-hydrogen) atoms. The van der Waals surface area contributed by atoms with E-state index < -0.39 is 0 Å². The van der Waals surface area contributed by atoms with E-state index in [9.17, 15) is 0 Å². The highest BCUT2D eigenvalue weighted by molar-refractivity contribution is 5.89. The first-order chi connectivity index (χ1) is 8.16. The van der Waals surface area contributed by atoms with E-state index in [1.807, 2.05) is 0 Å². The van der Waals surface area contributed by atoms with Crippen LogP contribution in [0, 0.1) is 13.8 Å². The number of likely N-dealkylation sites (N-methyl/N-ethyl adjacent to an activating group) is 1. The molecule has 0 bridgehead atoms. The minimum Gasteiger partial charge on any atom is -0.358 e. The highest BCUT2D eigenvalue weighted by atomic mass is 15.1. The van der Waals surface area contributed by atoms with E-state index in [4.69, 9.17) is 0 Å². The van der Waals surface area contributed by atoms with E-state index in [1.54, 1.807) is 5.56 Å². The molecule has 2 nitrogen and oxygen atoms in total. The first kappa shape index (κ1) is 10.8. The Balaban J connectivity index is 2.23. The monoisotopic (exact) mass is 228 g/mol. The molecule has 0 saturated heterocycles. The van der Waals surface area contributed by atoms with Crippen molar-refractivity contribution in [2.45, 2.75) is 26.7 Å². The lowest BCUT2D eigenvalue weighted by atomic mass is 9.99. The zero-order valence-electron chi connectivity index (χ0n) is 10.9. The minimum absolute atomic E-state index is 1.15. The Morgan fingerprint density at radius 1 is 1.12 bits per heavy atom. The zero-order valence-corrected chi connectivity index (χ0v) is 10.9. The number of H-pyrrole nitrogens is 1. The molecule has 2 heterocycles. The van der Waals surface area contributed by atoms with Crippen molar-refractivity contribution in [2.75, 3.05) is 20.1 Å². The van der Waals surface area contributed by atoms with Gasteiger partial charge in [-0.2, -0.15) is 0 Å². The van der Waals surface area contributed by atoms with Crippen LogP contribution in [0.25, 0.3) is 10.9 Å². The van der Waals surface area contributed by atoms with Crippen molar-refractivity contribution in [2.24, 2.45) is 0 Å². The summed E-state index contributed by atoms with van der Waals surface area (Å²) in [4.78, 5) is 6.04. The topological polar surface area (TPSA) is 19.0 Å². The van der Waals surface area contributed by atoms with Crippen molar-refractivity contribution in [3.05, 3.63) is 34.5 Å². The molecule has 0 amide bonds. The van der Waals surface area contributed by atoms with Gasteiger partial charge in [-0.05, 0) is 50.1 Å². The molecule has 0 saturated carbocycles. The average Bonchev–Trinajstić information content (AvgIpc) is 2.58. The number of benzene rings is 1. The summed E-state index contributed by atoms with van der Waals surface area (Å²) in [6, 6.07) is 4.45. The fourth-order valence-corrected chi connectivity index (χ4v) is 2.90. The number of fused-ring (bicyclic) bond motifs is 3. The molecular weight excluding hydrogens is 208 g/mol. The van der Waals surface area contributed by atoms with Crippen LogP contribution in [0.5, 0.6) is 0 Å². The maximum Gasteiger partial charge on any atom is 0.0461 e. The number of aromatic nitrogens is 1. The lowest BCUT2D eigenvalue weighted by Crippen LogP contribution is -2.21. The Morgan fingerprint density at radius 2 is 1.88 bits per heavy atom. The third-order valence-corrected chi connectivity index (χ3v) is 4.17. The van der Waals surface area contributed by atoms with Crippen LogP contribution in [0.1, 0.15) is 22.4 Å². The molecule has 1 aromatic heterocycles. The van der Waals surface area contributed by atoms with Crippen LogP contribution >= 0.6 is 0 Å². The van der Waals surface area contributed by atoms with Gasteiger partial charge >= 0.3 is 0 Å². The van der Waals surface area contributed by atoms with Crippen LogP contribution in [-0.2, 0) is 12.8 Å². The van der Waals surface area contributed by atoms with E-state index in [2.05, 4.69) is 42.9 Å². The van der Waals surface area contributed by atoms with Gasteiger partial charge in [-0.1, -0.05) is 6.07 Å². The fraction of sp³-hybridized carbons (Fsp3) is 0.467. The molecular formula is C15H20N2. The van der Waals surface area contributed by atoms with Gasteiger partial charge in [-0.15, -0.1) is 0 Å². The Morgan fingerprint density at radius 3 is 2.71 bits per heavy atom. The van der Waals surface area contributed by atoms with Gasteiger partial charge in [-0.3, -0.25) is 0 Å². The molecule has 1 N–H and O–H groups in total. The SMILES string of the molecule is Cc1ccc2[nH]c3c(c2c1C)CCN(C)CC3. The third kappa shape index (κ3) is 1.67. The number of aryl methyl sites for hydroxylation is 2. The van der Waals surface area contributed by atoms with Crippen LogP contribution in [-0.4, -0.2) is 30.0 Å². The molecule has 1 aliphatic rings. The van der Waals surface area contributed by atoms with Crippen molar-refractivity contribution in [3.8, 4) is 0 Å². The highest BCUT2D eigenvalue weighted by Crippen LogP contribution is 2.29. The maximum atomic E-state index is 3.62. The summed E-state index contributed by atoms with van der Waals surface area (Å²) in [6.07, 6.45) is 2.33. The van der Waals surface area contributed by atoms with Crippen LogP contribution in [0.3, 0.4) is 0 Å². The third-order valence-electron chi connectivity index (χ3n) is 4.17. The summed E-state index contributed by atoms with van der Waals surface area (Å²) in [5, 5.41) is 1.48. The smallest absolute Gasteiger partial charge is 0.0461 e. The number of hydrogen-bond acceptors (Lipinski definition) is 1. The number of nitrogens with zero attached hydrogens (tertiary/aromatic N) is 1. The van der Waals surface area contributed by atoms with Gasteiger partial charge in [0.15, 0.2) is 0 Å². The number of nitrogens with one attached hydrogen (secondary N) is 1. The number of hydrogen-bond donors (Lipinski definition) is 1. The van der Waals surface area contributed by atoms with Gasteiger partial charge in [0.1, 0.15) is 0 Å². The fourth-order valence-electron chi connectivity index (χ4n) is 2.90. The lowest BCUT2D eigenvalue weighted by molar-refractivity contribution is 0.352. The number of rotatable bonds is 0. The molecule has 0 spiro atoms. The first-order valence-corrected chi connectivity index (χ1v) is 6.45. The Hall–Kier alpha value is -1.28. The summed E-state index contributed by atoms with van der Waals surface area (Å²) in [6.45, 7) is 6.79. The van der Waals surface area contributed by atoms with Crippen LogP contribution in [0.4, 0.5) is 0 Å². The van der Waals surface area contributed by atoms with Crippen molar-refractivity contribution in [1.29, 1.82) is 0 Å². The van der Waals surface area contributed by atoms with Crippen LogP contribution in [0.2, 0.25) is 0 Å². The number of aromatic amines is 1. The first-order valence-electron chi connectivity index (χ1n) is 6.45. The summed E-state index contributed by atoms with van der Waals surface area (Å²) in [5.74, 6) is 0. The molecule has 1 aliphatic heterocycles. The normalized spacial score (nSPS) is 17.1. The molecule has 0 fully saturated rings. The van der Waals surface area contributed by atoms with Gasteiger partial charge in [0, 0.05) is 36.1 Å². The van der Waals surface area contributed by atoms with Gasteiger partial charge in [0.25, 0.3) is 0 Å².